The van der Waals surface area contributed by atoms with Crippen molar-refractivity contribution in [2.75, 3.05) is 0 Å². The highest BCUT2D eigenvalue weighted by Gasteiger charge is 1.86. The molecule has 0 heteroatoms. The van der Waals surface area contributed by atoms with Crippen LogP contribution in [0.1, 0.15) is 40.0 Å². The third-order valence-electron chi connectivity index (χ3n) is 1.60. The van der Waals surface area contributed by atoms with Gasteiger partial charge in [-0.05, 0) is 19.8 Å². The van der Waals surface area contributed by atoms with Crippen molar-refractivity contribution in [2.24, 2.45) is 0 Å². The minimum Gasteiger partial charge on any atom is -0.0991 e. The first kappa shape index (κ1) is 13.8. The van der Waals surface area contributed by atoms with Gasteiger partial charge in [-0.25, -0.2) is 0 Å². The number of rotatable bonds is 4. The van der Waals surface area contributed by atoms with Gasteiger partial charge in [0.05, 0.1) is 0 Å². The quantitative estimate of drug-likeness (QED) is 0.426. The van der Waals surface area contributed by atoms with Crippen molar-refractivity contribution in [1.82, 2.24) is 0 Å². The minimum absolute atomic E-state index is 1.23. The molecule has 0 aliphatic carbocycles. The van der Waals surface area contributed by atoms with Gasteiger partial charge in [-0.1, -0.05) is 57.2 Å². The molecule has 0 nitrogen and oxygen atoms in total. The van der Waals surface area contributed by atoms with Crippen LogP contribution in [-0.4, -0.2) is 0 Å². The van der Waals surface area contributed by atoms with Crippen LogP contribution < -0.4 is 0 Å². The Kier molecular flexibility index (Phi) is 14.8. The molecule has 12 heavy (non-hydrogen) atoms. The lowest BCUT2D eigenvalue weighted by atomic mass is 10.1. The summed E-state index contributed by atoms with van der Waals surface area (Å²) in [5, 5.41) is 0. The molecule has 0 rings (SSSR count). The lowest BCUT2D eigenvalue weighted by Gasteiger charge is -1.97. The van der Waals surface area contributed by atoms with Crippen molar-refractivity contribution < 1.29 is 0 Å². The molecule has 0 aromatic rings. The van der Waals surface area contributed by atoms with Gasteiger partial charge in [0.2, 0.25) is 0 Å². The fourth-order valence-corrected chi connectivity index (χ4v) is 0.846. The first-order valence-corrected chi connectivity index (χ1v) is 4.64. The van der Waals surface area contributed by atoms with Crippen molar-refractivity contribution in [3.05, 3.63) is 37.0 Å². The first-order valence-electron chi connectivity index (χ1n) is 4.64. The van der Waals surface area contributed by atoms with Crippen molar-refractivity contribution >= 4 is 0 Å². The summed E-state index contributed by atoms with van der Waals surface area (Å²) in [6.45, 7) is 13.3. The van der Waals surface area contributed by atoms with E-state index in [-0.39, 0.29) is 0 Å². The van der Waals surface area contributed by atoms with E-state index in [0.29, 0.717) is 0 Å². The Hall–Kier alpha value is -0.780. The summed E-state index contributed by atoms with van der Waals surface area (Å²) < 4.78 is 0. The molecule has 0 atom stereocenters. The van der Waals surface area contributed by atoms with E-state index in [1.807, 2.05) is 0 Å². The number of allylic oxidation sites excluding steroid dienone is 4. The van der Waals surface area contributed by atoms with Crippen LogP contribution >= 0.6 is 0 Å². The molecule has 0 unspecified atom stereocenters. The van der Waals surface area contributed by atoms with Crippen LogP contribution in [0.5, 0.6) is 0 Å². The molecule has 0 aromatic heterocycles. The predicted octanol–water partition coefficient (Wildman–Crippen LogP) is 4.50. The van der Waals surface area contributed by atoms with Gasteiger partial charge in [-0.15, -0.1) is 0 Å². The molecule has 70 valence electrons. The maximum atomic E-state index is 3.36. The summed E-state index contributed by atoms with van der Waals surface area (Å²) in [6.07, 6.45) is 9.30. The monoisotopic (exact) mass is 166 g/mol. The van der Waals surface area contributed by atoms with E-state index in [1.54, 1.807) is 17.7 Å². The summed E-state index contributed by atoms with van der Waals surface area (Å²) in [5.74, 6) is 0. The molecule has 0 aromatic carbocycles. The summed E-state index contributed by atoms with van der Waals surface area (Å²) >= 11 is 0. The second-order valence-corrected chi connectivity index (χ2v) is 2.52. The van der Waals surface area contributed by atoms with Crippen LogP contribution in [0.15, 0.2) is 37.0 Å². The number of hydrogen-bond acceptors (Lipinski definition) is 0. The van der Waals surface area contributed by atoms with Crippen LogP contribution in [0.3, 0.4) is 0 Å². The summed E-state index contributed by atoms with van der Waals surface area (Å²) in [5.41, 5.74) is 1.59. The lowest BCUT2D eigenvalue weighted by molar-refractivity contribution is 0.856. The fourth-order valence-electron chi connectivity index (χ4n) is 0.846. The van der Waals surface area contributed by atoms with Gasteiger partial charge in [0.1, 0.15) is 0 Å². The molecule has 0 amide bonds. The zero-order chi connectivity index (χ0) is 9.82. The first-order chi connectivity index (χ1) is 5.76. The van der Waals surface area contributed by atoms with Crippen molar-refractivity contribution in [3.8, 4) is 0 Å². The minimum atomic E-state index is 1.23. The van der Waals surface area contributed by atoms with Crippen molar-refractivity contribution in [1.29, 1.82) is 0 Å². The van der Waals surface area contributed by atoms with Crippen LogP contribution in [0, 0.1) is 0 Å². The SMILES string of the molecule is C/C=C(\CC)CCC.C=CC=C. The van der Waals surface area contributed by atoms with Gasteiger partial charge in [0.15, 0.2) is 0 Å². The smallest absolute Gasteiger partial charge is 0.0323 e. The van der Waals surface area contributed by atoms with Gasteiger partial charge < -0.3 is 0 Å². The van der Waals surface area contributed by atoms with Gasteiger partial charge in [0.25, 0.3) is 0 Å². The molecule has 0 aliphatic rings. The molecule has 0 bridgehead atoms. The molecule has 0 saturated carbocycles. The standard InChI is InChI=1S/C8H16.C4H6/c1-4-7-8(5-2)6-3;1-3-4-2/h5H,4,6-7H2,1-3H3;3-4H,1-2H2/b8-5+;. The second kappa shape index (κ2) is 12.9. The van der Waals surface area contributed by atoms with E-state index >= 15 is 0 Å². The van der Waals surface area contributed by atoms with E-state index in [4.69, 9.17) is 0 Å². The summed E-state index contributed by atoms with van der Waals surface area (Å²) in [4.78, 5) is 0. The largest absolute Gasteiger partial charge is 0.0991 e. The van der Waals surface area contributed by atoms with Crippen LogP contribution in [0.4, 0.5) is 0 Å². The maximum absolute atomic E-state index is 3.36. The third-order valence-corrected chi connectivity index (χ3v) is 1.60. The van der Waals surface area contributed by atoms with Crippen LogP contribution in [0.25, 0.3) is 0 Å². The van der Waals surface area contributed by atoms with Crippen LogP contribution in [-0.2, 0) is 0 Å². The summed E-state index contributed by atoms with van der Waals surface area (Å²) in [6, 6.07) is 0. The van der Waals surface area contributed by atoms with E-state index in [9.17, 15) is 0 Å². The Balaban J connectivity index is 0. The van der Waals surface area contributed by atoms with Crippen molar-refractivity contribution in [2.45, 2.75) is 40.0 Å². The average Bonchev–Trinajstić information content (AvgIpc) is 2.14. The molecule has 0 aliphatic heterocycles. The highest BCUT2D eigenvalue weighted by molar-refractivity contribution is 4.98. The molecule has 0 heterocycles. The topological polar surface area (TPSA) is 0 Å². The van der Waals surface area contributed by atoms with E-state index in [2.05, 4.69) is 40.0 Å². The Morgan fingerprint density at radius 2 is 1.67 bits per heavy atom. The highest BCUT2D eigenvalue weighted by Crippen LogP contribution is 2.07. The highest BCUT2D eigenvalue weighted by atomic mass is 13.9. The number of hydrogen-bond donors (Lipinski definition) is 0. The molecule has 0 spiro atoms. The third kappa shape index (κ3) is 12.0. The molecule has 0 fully saturated rings. The van der Waals surface area contributed by atoms with E-state index in [1.165, 1.54) is 19.3 Å². The van der Waals surface area contributed by atoms with Gasteiger partial charge in [-0.3, -0.25) is 0 Å². The van der Waals surface area contributed by atoms with Crippen molar-refractivity contribution in [3.63, 3.8) is 0 Å². The molecule has 0 saturated heterocycles. The molecular weight excluding hydrogens is 144 g/mol. The Morgan fingerprint density at radius 3 is 1.75 bits per heavy atom. The zero-order valence-corrected chi connectivity index (χ0v) is 8.77. The average molecular weight is 166 g/mol. The predicted molar refractivity (Wildman–Crippen MR) is 59.4 cm³/mol. The molecule has 0 radical (unpaired) electrons. The van der Waals surface area contributed by atoms with E-state index in [0.717, 1.165) is 0 Å². The zero-order valence-electron chi connectivity index (χ0n) is 8.77. The van der Waals surface area contributed by atoms with Gasteiger partial charge >= 0.3 is 0 Å². The fraction of sp³-hybridized carbons (Fsp3) is 0.500. The maximum Gasteiger partial charge on any atom is -0.0323 e. The molecule has 0 N–H and O–H groups in total. The Morgan fingerprint density at radius 1 is 1.17 bits per heavy atom. The van der Waals surface area contributed by atoms with E-state index < -0.39 is 0 Å². The normalized spacial score (nSPS) is 9.75. The summed E-state index contributed by atoms with van der Waals surface area (Å²) in [7, 11) is 0. The Bertz CT molecular complexity index is 123. The van der Waals surface area contributed by atoms with Gasteiger partial charge in [0, 0.05) is 0 Å². The Labute approximate surface area is 77.7 Å². The van der Waals surface area contributed by atoms with Gasteiger partial charge in [-0.2, -0.15) is 0 Å². The van der Waals surface area contributed by atoms with Crippen LogP contribution in [0.2, 0.25) is 0 Å². The second-order valence-electron chi connectivity index (χ2n) is 2.52. The molecular formula is C12H22. The lowest BCUT2D eigenvalue weighted by Crippen LogP contribution is -1.76.